The van der Waals surface area contributed by atoms with E-state index in [0.717, 1.165) is 26.1 Å². The topological polar surface area (TPSA) is 41.6 Å². The van der Waals surface area contributed by atoms with E-state index in [0.29, 0.717) is 30.9 Å². The normalized spacial score (nSPS) is 25.4. The molecule has 0 bridgehead atoms. The van der Waals surface area contributed by atoms with Crippen molar-refractivity contribution in [2.24, 2.45) is 11.8 Å². The van der Waals surface area contributed by atoms with Crippen molar-refractivity contribution in [3.8, 4) is 0 Å². The van der Waals surface area contributed by atoms with Crippen LogP contribution in [0, 0.1) is 11.8 Å². The Balaban J connectivity index is 2.37. The zero-order valence-corrected chi connectivity index (χ0v) is 12.2. The van der Waals surface area contributed by atoms with Crippen LogP contribution in [0.15, 0.2) is 0 Å². The van der Waals surface area contributed by atoms with Gasteiger partial charge in [0.2, 0.25) is 0 Å². The van der Waals surface area contributed by atoms with Gasteiger partial charge < -0.3 is 15.0 Å². The molecule has 1 aliphatic heterocycles. The van der Waals surface area contributed by atoms with Crippen LogP contribution in [0.3, 0.4) is 0 Å². The van der Waals surface area contributed by atoms with Crippen molar-refractivity contribution < 1.29 is 9.53 Å². The van der Waals surface area contributed by atoms with Crippen LogP contribution in [0.1, 0.15) is 33.6 Å². The Morgan fingerprint density at radius 1 is 1.44 bits per heavy atom. The van der Waals surface area contributed by atoms with Gasteiger partial charge in [-0.15, -0.1) is 0 Å². The molecule has 4 nitrogen and oxygen atoms in total. The molecular formula is C14H28N2O2. The molecule has 0 amide bonds. The molecule has 18 heavy (non-hydrogen) atoms. The van der Waals surface area contributed by atoms with Crippen LogP contribution in [0.5, 0.6) is 0 Å². The lowest BCUT2D eigenvalue weighted by Crippen LogP contribution is -2.48. The van der Waals surface area contributed by atoms with Crippen molar-refractivity contribution >= 4 is 5.97 Å². The Bertz CT molecular complexity index is 256. The van der Waals surface area contributed by atoms with Gasteiger partial charge in [-0.25, -0.2) is 0 Å². The van der Waals surface area contributed by atoms with Gasteiger partial charge >= 0.3 is 5.97 Å². The standard InChI is InChI=1S/C14H28N2O2/c1-5-18-14(17)7-12-6-13(10-16(4)9-12)15-8-11(2)3/h11-13,15H,5-10H2,1-4H3. The first-order valence-electron chi connectivity index (χ1n) is 7.08. The number of nitrogens with zero attached hydrogens (tertiary/aromatic N) is 1. The van der Waals surface area contributed by atoms with E-state index in [9.17, 15) is 4.79 Å². The quantitative estimate of drug-likeness (QED) is 0.731. The molecular weight excluding hydrogens is 228 g/mol. The van der Waals surface area contributed by atoms with E-state index in [1.165, 1.54) is 0 Å². The molecule has 1 N–H and O–H groups in total. The molecule has 1 rings (SSSR count). The van der Waals surface area contributed by atoms with Crippen molar-refractivity contribution in [1.82, 2.24) is 10.2 Å². The fourth-order valence-electron chi connectivity index (χ4n) is 2.60. The number of ether oxygens (including phenoxy) is 1. The number of carbonyl (C=O) groups is 1. The van der Waals surface area contributed by atoms with Gasteiger partial charge in [-0.3, -0.25) is 4.79 Å². The Morgan fingerprint density at radius 2 is 2.17 bits per heavy atom. The molecule has 0 aromatic rings. The zero-order chi connectivity index (χ0) is 13.5. The molecule has 2 unspecified atom stereocenters. The van der Waals surface area contributed by atoms with Crippen LogP contribution in [-0.4, -0.2) is 50.2 Å². The Kier molecular flexibility index (Phi) is 6.65. The van der Waals surface area contributed by atoms with Crippen molar-refractivity contribution in [3.05, 3.63) is 0 Å². The smallest absolute Gasteiger partial charge is 0.306 e. The minimum Gasteiger partial charge on any atom is -0.466 e. The minimum absolute atomic E-state index is 0.0552. The third-order valence-electron chi connectivity index (χ3n) is 3.30. The summed E-state index contributed by atoms with van der Waals surface area (Å²) in [5.41, 5.74) is 0. The predicted octanol–water partition coefficient (Wildman–Crippen LogP) is 1.51. The van der Waals surface area contributed by atoms with Gasteiger partial charge in [0, 0.05) is 25.6 Å². The summed E-state index contributed by atoms with van der Waals surface area (Å²) in [7, 11) is 2.13. The number of likely N-dealkylation sites (N-methyl/N-ethyl adjacent to an activating group) is 1. The number of hydrogen-bond donors (Lipinski definition) is 1. The van der Waals surface area contributed by atoms with E-state index in [1.807, 2.05) is 6.92 Å². The third-order valence-corrected chi connectivity index (χ3v) is 3.30. The summed E-state index contributed by atoms with van der Waals surface area (Å²) >= 11 is 0. The van der Waals surface area contributed by atoms with E-state index in [1.54, 1.807) is 0 Å². The maximum atomic E-state index is 11.5. The molecule has 4 heteroatoms. The number of esters is 1. The molecule has 2 atom stereocenters. The highest BCUT2D eigenvalue weighted by Gasteiger charge is 2.27. The summed E-state index contributed by atoms with van der Waals surface area (Å²) < 4.78 is 5.04. The molecule has 0 aromatic carbocycles. The second-order valence-electron chi connectivity index (χ2n) is 5.83. The fraction of sp³-hybridized carbons (Fsp3) is 0.929. The third kappa shape index (κ3) is 5.83. The molecule has 0 radical (unpaired) electrons. The molecule has 1 heterocycles. The van der Waals surface area contributed by atoms with Crippen LogP contribution in [0.4, 0.5) is 0 Å². The average molecular weight is 256 g/mol. The predicted molar refractivity (Wildman–Crippen MR) is 73.5 cm³/mol. The van der Waals surface area contributed by atoms with Gasteiger partial charge in [0.05, 0.1) is 6.61 Å². The Hall–Kier alpha value is -0.610. The highest BCUT2D eigenvalue weighted by atomic mass is 16.5. The number of rotatable bonds is 6. The van der Waals surface area contributed by atoms with Gasteiger partial charge in [0.25, 0.3) is 0 Å². The number of carbonyl (C=O) groups excluding carboxylic acids is 1. The van der Waals surface area contributed by atoms with Crippen molar-refractivity contribution in [3.63, 3.8) is 0 Å². The summed E-state index contributed by atoms with van der Waals surface area (Å²) in [6, 6.07) is 0.505. The van der Waals surface area contributed by atoms with E-state index in [2.05, 4.69) is 31.1 Å². The first-order chi connectivity index (χ1) is 8.51. The first-order valence-corrected chi connectivity index (χ1v) is 7.08. The number of piperidine rings is 1. The van der Waals surface area contributed by atoms with Crippen molar-refractivity contribution in [2.45, 2.75) is 39.7 Å². The van der Waals surface area contributed by atoms with E-state index < -0.39 is 0 Å². The van der Waals surface area contributed by atoms with E-state index in [-0.39, 0.29) is 5.97 Å². The lowest BCUT2D eigenvalue weighted by Gasteiger charge is -2.36. The lowest BCUT2D eigenvalue weighted by atomic mass is 9.91. The average Bonchev–Trinajstić information content (AvgIpc) is 2.25. The second kappa shape index (κ2) is 7.74. The van der Waals surface area contributed by atoms with Crippen LogP contribution < -0.4 is 5.32 Å². The van der Waals surface area contributed by atoms with Crippen LogP contribution in [-0.2, 0) is 9.53 Å². The summed E-state index contributed by atoms with van der Waals surface area (Å²) in [5, 5.41) is 3.59. The van der Waals surface area contributed by atoms with E-state index in [4.69, 9.17) is 4.74 Å². The molecule has 1 aliphatic rings. The van der Waals surface area contributed by atoms with Crippen LogP contribution in [0.25, 0.3) is 0 Å². The fourth-order valence-corrected chi connectivity index (χ4v) is 2.60. The summed E-state index contributed by atoms with van der Waals surface area (Å²) in [5.74, 6) is 1.04. The number of likely N-dealkylation sites (tertiary alicyclic amines) is 1. The van der Waals surface area contributed by atoms with Gasteiger partial charge in [0.1, 0.15) is 0 Å². The summed E-state index contributed by atoms with van der Waals surface area (Å²) in [4.78, 5) is 13.8. The van der Waals surface area contributed by atoms with Gasteiger partial charge in [-0.2, -0.15) is 0 Å². The number of nitrogens with one attached hydrogen (secondary N) is 1. The Labute approximate surface area is 111 Å². The van der Waals surface area contributed by atoms with Crippen molar-refractivity contribution in [2.75, 3.05) is 33.3 Å². The number of hydrogen-bond acceptors (Lipinski definition) is 4. The monoisotopic (exact) mass is 256 g/mol. The highest BCUT2D eigenvalue weighted by Crippen LogP contribution is 2.19. The molecule has 0 aliphatic carbocycles. The molecule has 106 valence electrons. The highest BCUT2D eigenvalue weighted by molar-refractivity contribution is 5.69. The maximum absolute atomic E-state index is 11.5. The van der Waals surface area contributed by atoms with Crippen LogP contribution in [0.2, 0.25) is 0 Å². The lowest BCUT2D eigenvalue weighted by molar-refractivity contribution is -0.144. The molecule has 1 fully saturated rings. The van der Waals surface area contributed by atoms with Gasteiger partial charge in [0.15, 0.2) is 0 Å². The molecule has 1 saturated heterocycles. The van der Waals surface area contributed by atoms with Gasteiger partial charge in [-0.1, -0.05) is 13.8 Å². The second-order valence-corrected chi connectivity index (χ2v) is 5.83. The summed E-state index contributed by atoms with van der Waals surface area (Å²) in [6.45, 7) is 9.90. The molecule has 0 aromatic heterocycles. The van der Waals surface area contributed by atoms with Crippen molar-refractivity contribution in [1.29, 1.82) is 0 Å². The van der Waals surface area contributed by atoms with E-state index >= 15 is 0 Å². The molecule has 0 saturated carbocycles. The minimum atomic E-state index is -0.0552. The largest absolute Gasteiger partial charge is 0.466 e. The SMILES string of the molecule is CCOC(=O)CC1CC(NCC(C)C)CN(C)C1. The summed E-state index contributed by atoms with van der Waals surface area (Å²) in [6.07, 6.45) is 1.63. The zero-order valence-electron chi connectivity index (χ0n) is 12.2. The van der Waals surface area contributed by atoms with Gasteiger partial charge in [-0.05, 0) is 38.8 Å². The first kappa shape index (κ1) is 15.4. The Morgan fingerprint density at radius 3 is 2.78 bits per heavy atom. The van der Waals surface area contributed by atoms with Crippen LogP contribution >= 0.6 is 0 Å². The maximum Gasteiger partial charge on any atom is 0.306 e. The molecule has 0 spiro atoms.